The van der Waals surface area contributed by atoms with Gasteiger partial charge in [-0.15, -0.1) is 24.0 Å². The molecular weight excluding hydrogens is 381 g/mol. The van der Waals surface area contributed by atoms with Gasteiger partial charge in [0.2, 0.25) is 0 Å². The van der Waals surface area contributed by atoms with Crippen molar-refractivity contribution < 1.29 is 0 Å². The molecule has 1 aromatic heterocycles. The molecule has 0 bridgehead atoms. The zero-order chi connectivity index (χ0) is 13.5. The molecular formula is C15H26IN3S. The molecule has 1 fully saturated rings. The van der Waals surface area contributed by atoms with Gasteiger partial charge in [-0.3, -0.25) is 4.99 Å². The van der Waals surface area contributed by atoms with Crippen LogP contribution < -0.4 is 10.6 Å². The molecule has 0 aliphatic heterocycles. The molecule has 5 heteroatoms. The lowest BCUT2D eigenvalue weighted by Crippen LogP contribution is -2.38. The minimum absolute atomic E-state index is 0. The number of nitrogens with one attached hydrogen (secondary N) is 2. The van der Waals surface area contributed by atoms with Crippen LogP contribution in [-0.4, -0.2) is 25.6 Å². The first kappa shape index (κ1) is 17.8. The van der Waals surface area contributed by atoms with Crippen LogP contribution in [0, 0.1) is 5.92 Å². The van der Waals surface area contributed by atoms with E-state index in [1.54, 1.807) is 11.3 Å². The summed E-state index contributed by atoms with van der Waals surface area (Å²) in [6, 6.07) is 2.19. The average Bonchev–Trinajstić information content (AvgIpc) is 3.06. The summed E-state index contributed by atoms with van der Waals surface area (Å²) >= 11 is 1.76. The molecule has 0 radical (unpaired) electrons. The largest absolute Gasteiger partial charge is 0.357 e. The van der Waals surface area contributed by atoms with Crippen molar-refractivity contribution in [2.75, 3.05) is 19.6 Å². The Bertz CT molecular complexity index is 388. The van der Waals surface area contributed by atoms with E-state index in [9.17, 15) is 0 Å². The van der Waals surface area contributed by atoms with Crippen LogP contribution >= 0.6 is 35.3 Å². The van der Waals surface area contributed by atoms with Gasteiger partial charge in [-0.25, -0.2) is 0 Å². The molecule has 1 heterocycles. The molecule has 20 heavy (non-hydrogen) atoms. The summed E-state index contributed by atoms with van der Waals surface area (Å²) in [5.74, 6) is 2.43. The quantitative estimate of drug-likeness (QED) is 0.410. The molecule has 1 unspecified atom stereocenters. The van der Waals surface area contributed by atoms with E-state index in [2.05, 4.69) is 46.3 Å². The van der Waals surface area contributed by atoms with Crippen LogP contribution in [0.25, 0.3) is 0 Å². The molecule has 114 valence electrons. The molecule has 1 aliphatic carbocycles. The smallest absolute Gasteiger partial charge is 0.191 e. The van der Waals surface area contributed by atoms with Gasteiger partial charge in [0.25, 0.3) is 0 Å². The fraction of sp³-hybridized carbons (Fsp3) is 0.667. The summed E-state index contributed by atoms with van der Waals surface area (Å²) in [4.78, 5) is 4.69. The summed E-state index contributed by atoms with van der Waals surface area (Å²) in [7, 11) is 0. The highest BCUT2D eigenvalue weighted by molar-refractivity contribution is 14.0. The Morgan fingerprint density at radius 3 is 2.85 bits per heavy atom. The van der Waals surface area contributed by atoms with Crippen molar-refractivity contribution in [2.24, 2.45) is 10.9 Å². The van der Waals surface area contributed by atoms with Crippen LogP contribution in [-0.2, 0) is 0 Å². The third-order valence-electron chi connectivity index (χ3n) is 3.52. The molecule has 1 saturated carbocycles. The lowest BCUT2D eigenvalue weighted by molar-refractivity contribution is 0.680. The summed E-state index contributed by atoms with van der Waals surface area (Å²) in [5, 5.41) is 11.1. The number of thiophene rings is 1. The fourth-order valence-electron chi connectivity index (χ4n) is 2.03. The molecule has 2 N–H and O–H groups in total. The van der Waals surface area contributed by atoms with Gasteiger partial charge in [-0.1, -0.05) is 19.8 Å². The second-order valence-corrected chi connectivity index (χ2v) is 6.12. The summed E-state index contributed by atoms with van der Waals surface area (Å²) < 4.78 is 0. The summed E-state index contributed by atoms with van der Waals surface area (Å²) in [6.45, 7) is 7.15. The second kappa shape index (κ2) is 9.60. The van der Waals surface area contributed by atoms with Crippen LogP contribution in [0.4, 0.5) is 0 Å². The van der Waals surface area contributed by atoms with E-state index in [4.69, 9.17) is 0 Å². The van der Waals surface area contributed by atoms with Crippen molar-refractivity contribution in [2.45, 2.75) is 39.0 Å². The van der Waals surface area contributed by atoms with E-state index in [1.165, 1.54) is 24.8 Å². The lowest BCUT2D eigenvalue weighted by atomic mass is 10.1. The van der Waals surface area contributed by atoms with Gasteiger partial charge in [0, 0.05) is 25.6 Å². The summed E-state index contributed by atoms with van der Waals surface area (Å²) in [6.07, 6.45) is 4.12. The third-order valence-corrected chi connectivity index (χ3v) is 4.22. The van der Waals surface area contributed by atoms with Gasteiger partial charge in [0.05, 0.1) is 0 Å². The first-order valence-corrected chi connectivity index (χ1v) is 8.28. The van der Waals surface area contributed by atoms with E-state index in [0.717, 1.165) is 31.5 Å². The monoisotopic (exact) mass is 407 g/mol. The molecule has 3 nitrogen and oxygen atoms in total. The Hall–Kier alpha value is -0.300. The van der Waals surface area contributed by atoms with Crippen LogP contribution in [0.15, 0.2) is 21.8 Å². The lowest BCUT2D eigenvalue weighted by Gasteiger charge is -2.12. The molecule has 0 amide bonds. The number of rotatable bonds is 7. The van der Waals surface area contributed by atoms with E-state index < -0.39 is 0 Å². The van der Waals surface area contributed by atoms with Crippen LogP contribution in [0.3, 0.4) is 0 Å². The number of aliphatic imine (C=N–C) groups is 1. The van der Waals surface area contributed by atoms with Crippen molar-refractivity contribution in [1.82, 2.24) is 10.6 Å². The van der Waals surface area contributed by atoms with Crippen molar-refractivity contribution >= 4 is 41.3 Å². The Labute approximate surface area is 143 Å². The Kier molecular flexibility index (Phi) is 8.52. The molecule has 0 saturated heterocycles. The van der Waals surface area contributed by atoms with Crippen molar-refractivity contribution in [3.8, 4) is 0 Å². The average molecular weight is 407 g/mol. The number of nitrogens with zero attached hydrogens (tertiary/aromatic N) is 1. The Morgan fingerprint density at radius 1 is 1.45 bits per heavy atom. The minimum Gasteiger partial charge on any atom is -0.357 e. The van der Waals surface area contributed by atoms with Crippen molar-refractivity contribution in [1.29, 1.82) is 0 Å². The van der Waals surface area contributed by atoms with Crippen LogP contribution in [0.2, 0.25) is 0 Å². The standard InChI is InChI=1S/C15H25N3S.HI/c1-3-16-15(17-8-6-13-4-5-13)18-10-12(2)14-7-9-19-11-14;/h7,9,11-13H,3-6,8,10H2,1-2H3,(H2,16,17,18);1H. The summed E-state index contributed by atoms with van der Waals surface area (Å²) in [5.41, 5.74) is 1.39. The topological polar surface area (TPSA) is 36.4 Å². The van der Waals surface area contributed by atoms with E-state index in [-0.39, 0.29) is 24.0 Å². The SMILES string of the molecule is CCNC(=NCC(C)c1ccsc1)NCCC1CC1.I. The molecule has 1 aliphatic rings. The van der Waals surface area contributed by atoms with Crippen LogP contribution in [0.5, 0.6) is 0 Å². The van der Waals surface area contributed by atoms with Gasteiger partial charge < -0.3 is 10.6 Å². The first-order chi connectivity index (χ1) is 9.29. The Balaban J connectivity index is 0.00000200. The Morgan fingerprint density at radius 2 is 2.25 bits per heavy atom. The highest BCUT2D eigenvalue weighted by Crippen LogP contribution is 2.31. The highest BCUT2D eigenvalue weighted by atomic mass is 127. The zero-order valence-corrected chi connectivity index (χ0v) is 15.5. The molecule has 0 aromatic carbocycles. The van der Waals surface area contributed by atoms with Gasteiger partial charge in [0.15, 0.2) is 5.96 Å². The van der Waals surface area contributed by atoms with Gasteiger partial charge in [-0.05, 0) is 41.7 Å². The number of halogens is 1. The van der Waals surface area contributed by atoms with Gasteiger partial charge >= 0.3 is 0 Å². The van der Waals surface area contributed by atoms with Gasteiger partial charge in [0.1, 0.15) is 0 Å². The van der Waals surface area contributed by atoms with E-state index in [0.29, 0.717) is 5.92 Å². The fourth-order valence-corrected chi connectivity index (χ4v) is 2.81. The first-order valence-electron chi connectivity index (χ1n) is 7.34. The highest BCUT2D eigenvalue weighted by Gasteiger charge is 2.20. The predicted octanol–water partition coefficient (Wildman–Crippen LogP) is 3.82. The molecule has 2 rings (SSSR count). The zero-order valence-electron chi connectivity index (χ0n) is 12.4. The predicted molar refractivity (Wildman–Crippen MR) is 99.5 cm³/mol. The van der Waals surface area contributed by atoms with Crippen LogP contribution in [0.1, 0.15) is 44.6 Å². The minimum atomic E-state index is 0. The number of hydrogen-bond donors (Lipinski definition) is 2. The van der Waals surface area contributed by atoms with Crippen molar-refractivity contribution in [3.05, 3.63) is 22.4 Å². The van der Waals surface area contributed by atoms with E-state index >= 15 is 0 Å². The third kappa shape index (κ3) is 6.43. The van der Waals surface area contributed by atoms with Gasteiger partial charge in [-0.2, -0.15) is 11.3 Å². The molecule has 0 spiro atoms. The maximum absolute atomic E-state index is 4.69. The number of guanidine groups is 1. The maximum Gasteiger partial charge on any atom is 0.191 e. The normalized spacial score (nSPS) is 16.4. The van der Waals surface area contributed by atoms with Crippen molar-refractivity contribution in [3.63, 3.8) is 0 Å². The number of hydrogen-bond acceptors (Lipinski definition) is 2. The second-order valence-electron chi connectivity index (χ2n) is 5.34. The molecule has 1 atom stereocenters. The molecule has 1 aromatic rings. The maximum atomic E-state index is 4.69. The van der Waals surface area contributed by atoms with E-state index in [1.807, 2.05) is 0 Å².